The summed E-state index contributed by atoms with van der Waals surface area (Å²) in [6.07, 6.45) is 5.16. The summed E-state index contributed by atoms with van der Waals surface area (Å²) in [6, 6.07) is 13.7. The number of aliphatic imine (C=N–C) groups is 1. The lowest BCUT2D eigenvalue weighted by Crippen LogP contribution is -2.30. The minimum absolute atomic E-state index is 0.132. The van der Waals surface area contributed by atoms with Crippen molar-refractivity contribution in [2.24, 2.45) is 10.9 Å². The van der Waals surface area contributed by atoms with Crippen LogP contribution in [0.2, 0.25) is 0 Å². The van der Waals surface area contributed by atoms with Crippen LogP contribution in [0.4, 0.5) is 11.4 Å². The fraction of sp³-hybridized carbons (Fsp3) is 0.440. The number of amides is 1. The predicted octanol–water partition coefficient (Wildman–Crippen LogP) is 4.55. The van der Waals surface area contributed by atoms with Gasteiger partial charge in [-0.25, -0.2) is 4.99 Å². The van der Waals surface area contributed by atoms with Crippen LogP contribution < -0.4 is 25.4 Å². The molecule has 3 N–H and O–H groups in total. The summed E-state index contributed by atoms with van der Waals surface area (Å²) in [5, 5.41) is 9.68. The van der Waals surface area contributed by atoms with E-state index in [1.807, 2.05) is 49.4 Å². The molecule has 0 radical (unpaired) electrons. The highest BCUT2D eigenvalue weighted by molar-refractivity contribution is 5.94. The Bertz CT molecular complexity index is 954. The lowest BCUT2D eigenvalue weighted by Gasteiger charge is -2.14. The first-order valence-electron chi connectivity index (χ1n) is 11.6. The van der Waals surface area contributed by atoms with Crippen molar-refractivity contribution < 1.29 is 14.3 Å². The maximum atomic E-state index is 12.4. The van der Waals surface area contributed by atoms with Crippen LogP contribution in [0.25, 0.3) is 0 Å². The number of rotatable bonds is 6. The number of guanidine groups is 1. The third kappa shape index (κ3) is 5.93. The number of benzene rings is 2. The molecule has 2 aromatic carbocycles. The Labute approximate surface area is 189 Å². The number of carbonyl (C=O) groups excluding carboxylic acids is 1. The second-order valence-corrected chi connectivity index (χ2v) is 8.20. The van der Waals surface area contributed by atoms with E-state index in [1.54, 1.807) is 0 Å². The zero-order valence-electron chi connectivity index (χ0n) is 18.7. The molecule has 1 aliphatic carbocycles. The van der Waals surface area contributed by atoms with Crippen molar-refractivity contribution in [3.8, 4) is 11.5 Å². The van der Waals surface area contributed by atoms with Crippen molar-refractivity contribution in [3.63, 3.8) is 0 Å². The maximum Gasteiger partial charge on any atom is 0.227 e. The summed E-state index contributed by atoms with van der Waals surface area (Å²) in [6.45, 7) is 4.59. The van der Waals surface area contributed by atoms with E-state index in [2.05, 4.69) is 16.0 Å². The number of nitrogens with one attached hydrogen (secondary N) is 3. The van der Waals surface area contributed by atoms with Crippen molar-refractivity contribution in [3.05, 3.63) is 48.0 Å². The van der Waals surface area contributed by atoms with Gasteiger partial charge in [-0.05, 0) is 49.6 Å². The maximum absolute atomic E-state index is 12.4. The molecule has 2 aliphatic rings. The van der Waals surface area contributed by atoms with Gasteiger partial charge in [0.05, 0.1) is 19.8 Å². The van der Waals surface area contributed by atoms with Crippen LogP contribution in [0.15, 0.2) is 47.5 Å². The molecule has 32 heavy (non-hydrogen) atoms. The van der Waals surface area contributed by atoms with E-state index in [4.69, 9.17) is 14.5 Å². The average molecular weight is 437 g/mol. The Balaban J connectivity index is 1.41. The quantitative estimate of drug-likeness (QED) is 0.457. The van der Waals surface area contributed by atoms with E-state index >= 15 is 0 Å². The summed E-state index contributed by atoms with van der Waals surface area (Å²) in [4.78, 5) is 17.1. The zero-order chi connectivity index (χ0) is 22.2. The minimum atomic E-state index is 0.132. The number of anilines is 2. The highest BCUT2D eigenvalue weighted by atomic mass is 16.5. The lowest BCUT2D eigenvalue weighted by atomic mass is 10.1. The van der Waals surface area contributed by atoms with Crippen LogP contribution in [-0.2, 0) is 11.3 Å². The highest BCUT2D eigenvalue weighted by Gasteiger charge is 2.22. The molecule has 0 spiro atoms. The molecule has 0 aromatic heterocycles. The summed E-state index contributed by atoms with van der Waals surface area (Å²) >= 11 is 0. The molecule has 2 aromatic rings. The lowest BCUT2D eigenvalue weighted by molar-refractivity contribution is -0.119. The molecule has 1 saturated carbocycles. The Kier molecular flexibility index (Phi) is 7.48. The molecule has 1 fully saturated rings. The van der Waals surface area contributed by atoms with Crippen molar-refractivity contribution in [1.82, 2.24) is 5.32 Å². The van der Waals surface area contributed by atoms with Crippen LogP contribution in [0, 0.1) is 5.92 Å². The Hall–Kier alpha value is -3.22. The predicted molar refractivity (Wildman–Crippen MR) is 128 cm³/mol. The van der Waals surface area contributed by atoms with E-state index in [0.29, 0.717) is 25.7 Å². The Morgan fingerprint density at radius 1 is 0.969 bits per heavy atom. The molecule has 1 aliphatic heterocycles. The van der Waals surface area contributed by atoms with Gasteiger partial charge in [-0.3, -0.25) is 4.79 Å². The molecule has 0 saturated heterocycles. The first-order chi connectivity index (χ1) is 15.7. The molecule has 1 amide bonds. The number of ether oxygens (including phenoxy) is 2. The van der Waals surface area contributed by atoms with Crippen molar-refractivity contribution >= 4 is 23.2 Å². The molecule has 4 rings (SSSR count). The number of hydrogen-bond acceptors (Lipinski definition) is 4. The molecule has 0 atom stereocenters. The van der Waals surface area contributed by atoms with Crippen molar-refractivity contribution in [2.45, 2.75) is 45.6 Å². The third-order valence-corrected chi connectivity index (χ3v) is 5.69. The number of carbonyl (C=O) groups is 1. The van der Waals surface area contributed by atoms with E-state index < -0.39 is 0 Å². The van der Waals surface area contributed by atoms with E-state index in [0.717, 1.165) is 67.1 Å². The summed E-state index contributed by atoms with van der Waals surface area (Å²) in [7, 11) is 0. The fourth-order valence-corrected chi connectivity index (χ4v) is 4.03. The standard InChI is InChI=1S/C25H32N4O3/c1-2-26-25(29-21-11-12-22-23(16-21)32-14-6-13-31-22)27-17-18-7-5-10-20(15-18)28-24(30)19-8-3-4-9-19/h5,7,10-12,15-16,19H,2-4,6,8-9,13-14,17H2,1H3,(H,28,30)(H2,26,27,29). The van der Waals surface area contributed by atoms with E-state index in [9.17, 15) is 4.79 Å². The number of fused-ring (bicyclic) bond motifs is 1. The van der Waals surface area contributed by atoms with Crippen LogP contribution >= 0.6 is 0 Å². The summed E-state index contributed by atoms with van der Waals surface area (Å²) < 4.78 is 11.5. The highest BCUT2D eigenvalue weighted by Crippen LogP contribution is 2.32. The minimum Gasteiger partial charge on any atom is -0.490 e. The monoisotopic (exact) mass is 436 g/mol. The summed E-state index contributed by atoms with van der Waals surface area (Å²) in [5.41, 5.74) is 2.74. The fourth-order valence-electron chi connectivity index (χ4n) is 4.03. The van der Waals surface area contributed by atoms with Crippen LogP contribution in [-0.4, -0.2) is 31.6 Å². The van der Waals surface area contributed by atoms with Gasteiger partial charge in [0.25, 0.3) is 0 Å². The second-order valence-electron chi connectivity index (χ2n) is 8.20. The second kappa shape index (κ2) is 10.9. The van der Waals surface area contributed by atoms with Crippen LogP contribution in [0.1, 0.15) is 44.6 Å². The molecule has 1 heterocycles. The molecular formula is C25H32N4O3. The van der Waals surface area contributed by atoms with Gasteiger partial charge in [0, 0.05) is 36.3 Å². The molecule has 0 bridgehead atoms. The Morgan fingerprint density at radius 2 is 1.75 bits per heavy atom. The zero-order valence-corrected chi connectivity index (χ0v) is 18.7. The van der Waals surface area contributed by atoms with E-state index in [1.165, 1.54) is 0 Å². The molecule has 7 heteroatoms. The number of nitrogens with zero attached hydrogens (tertiary/aromatic N) is 1. The van der Waals surface area contributed by atoms with Crippen LogP contribution in [0.3, 0.4) is 0 Å². The SMILES string of the molecule is CCNC(=NCc1cccc(NC(=O)C2CCCC2)c1)Nc1ccc2c(c1)OCCCO2. The topological polar surface area (TPSA) is 84.0 Å². The van der Waals surface area contributed by atoms with Crippen LogP contribution in [0.5, 0.6) is 11.5 Å². The third-order valence-electron chi connectivity index (χ3n) is 5.69. The van der Waals surface area contributed by atoms with Gasteiger partial charge >= 0.3 is 0 Å². The van der Waals surface area contributed by atoms with Gasteiger partial charge in [0.2, 0.25) is 5.91 Å². The van der Waals surface area contributed by atoms with Gasteiger partial charge in [0.15, 0.2) is 17.5 Å². The van der Waals surface area contributed by atoms with E-state index in [-0.39, 0.29) is 11.8 Å². The molecular weight excluding hydrogens is 404 g/mol. The van der Waals surface area contributed by atoms with Gasteiger partial charge < -0.3 is 25.4 Å². The largest absolute Gasteiger partial charge is 0.490 e. The molecule has 170 valence electrons. The van der Waals surface area contributed by atoms with Gasteiger partial charge in [-0.1, -0.05) is 25.0 Å². The van der Waals surface area contributed by atoms with Gasteiger partial charge in [-0.2, -0.15) is 0 Å². The first-order valence-corrected chi connectivity index (χ1v) is 11.6. The average Bonchev–Trinajstić information content (AvgIpc) is 3.24. The van der Waals surface area contributed by atoms with Crippen molar-refractivity contribution in [2.75, 3.05) is 30.4 Å². The first kappa shape index (κ1) is 22.0. The molecule has 7 nitrogen and oxygen atoms in total. The van der Waals surface area contributed by atoms with Gasteiger partial charge in [-0.15, -0.1) is 0 Å². The summed E-state index contributed by atoms with van der Waals surface area (Å²) in [5.74, 6) is 2.48. The van der Waals surface area contributed by atoms with Crippen molar-refractivity contribution in [1.29, 1.82) is 0 Å². The molecule has 0 unspecified atom stereocenters. The number of hydrogen-bond donors (Lipinski definition) is 3. The Morgan fingerprint density at radius 3 is 2.56 bits per heavy atom. The normalized spacial score (nSPS) is 16.3. The van der Waals surface area contributed by atoms with Gasteiger partial charge in [0.1, 0.15) is 0 Å². The smallest absolute Gasteiger partial charge is 0.227 e.